The van der Waals surface area contributed by atoms with E-state index < -0.39 is 18.1 Å². The summed E-state index contributed by atoms with van der Waals surface area (Å²) in [6.45, 7) is 0.112. The van der Waals surface area contributed by atoms with Crippen molar-refractivity contribution in [2.45, 2.75) is 18.6 Å². The molecule has 0 aliphatic carbocycles. The highest BCUT2D eigenvalue weighted by Gasteiger charge is 2.37. The minimum Gasteiger partial charge on any atom is -0.368 e. The number of nitrogens with two attached hydrogens (primary N) is 1. The first-order chi connectivity index (χ1) is 7.99. The van der Waals surface area contributed by atoms with Crippen molar-refractivity contribution in [2.24, 2.45) is 5.73 Å². The highest BCUT2D eigenvalue weighted by atomic mass is 79.9. The van der Waals surface area contributed by atoms with Crippen LogP contribution in [0.1, 0.15) is 6.42 Å². The second-order valence-electron chi connectivity index (χ2n) is 3.86. The summed E-state index contributed by atoms with van der Waals surface area (Å²) >= 11 is 9.07. The van der Waals surface area contributed by atoms with Crippen LogP contribution in [0.25, 0.3) is 0 Å². The maximum Gasteiger partial charge on any atom is 0.240 e. The zero-order valence-corrected chi connectivity index (χ0v) is 11.1. The third kappa shape index (κ3) is 2.52. The van der Waals surface area contributed by atoms with Crippen molar-refractivity contribution >= 4 is 39.3 Å². The Bertz CT molecular complexity index is 459. The van der Waals surface area contributed by atoms with E-state index in [0.29, 0.717) is 15.3 Å². The van der Waals surface area contributed by atoms with Crippen molar-refractivity contribution in [1.82, 2.24) is 4.98 Å². The number of alkyl halides is 1. The minimum atomic E-state index is -1.07. The molecule has 1 aromatic rings. The summed E-state index contributed by atoms with van der Waals surface area (Å²) in [4.78, 5) is 16.9. The molecule has 0 saturated carbocycles. The number of aromatic nitrogens is 1. The van der Waals surface area contributed by atoms with Crippen LogP contribution in [-0.4, -0.2) is 29.6 Å². The normalized spacial score (nSPS) is 24.1. The number of hydrogen-bond donors (Lipinski definition) is 1. The Labute approximate surface area is 111 Å². The van der Waals surface area contributed by atoms with Gasteiger partial charge in [-0.2, -0.15) is 0 Å². The molecule has 4 nitrogen and oxygen atoms in total. The van der Waals surface area contributed by atoms with E-state index in [-0.39, 0.29) is 13.0 Å². The van der Waals surface area contributed by atoms with Gasteiger partial charge in [-0.3, -0.25) is 4.79 Å². The first kappa shape index (κ1) is 12.6. The summed E-state index contributed by atoms with van der Waals surface area (Å²) < 4.78 is 14.0. The molecule has 2 heterocycles. The fourth-order valence-corrected chi connectivity index (χ4v) is 2.77. The third-order valence-corrected chi connectivity index (χ3v) is 3.43. The van der Waals surface area contributed by atoms with Gasteiger partial charge >= 0.3 is 0 Å². The quantitative estimate of drug-likeness (QED) is 0.904. The van der Waals surface area contributed by atoms with Crippen LogP contribution in [0.2, 0.25) is 5.02 Å². The lowest BCUT2D eigenvalue weighted by Gasteiger charge is -2.23. The number of amides is 1. The summed E-state index contributed by atoms with van der Waals surface area (Å²) in [5.74, 6) is -0.0628. The average molecular weight is 323 g/mol. The molecule has 0 spiro atoms. The van der Waals surface area contributed by atoms with E-state index in [4.69, 9.17) is 17.3 Å². The number of rotatable bonds is 2. The zero-order chi connectivity index (χ0) is 12.6. The number of anilines is 1. The molecule has 2 N–H and O–H groups in total. The van der Waals surface area contributed by atoms with Crippen LogP contribution in [0.5, 0.6) is 0 Å². The number of pyridine rings is 1. The van der Waals surface area contributed by atoms with E-state index in [1.807, 2.05) is 0 Å². The Balaban J connectivity index is 2.34. The maximum atomic E-state index is 13.4. The van der Waals surface area contributed by atoms with Crippen LogP contribution < -0.4 is 10.6 Å². The molecule has 92 valence electrons. The van der Waals surface area contributed by atoms with Crippen molar-refractivity contribution in [3.05, 3.63) is 21.8 Å². The molecule has 1 aliphatic heterocycles. The maximum absolute atomic E-state index is 13.4. The second-order valence-corrected chi connectivity index (χ2v) is 5.15. The lowest BCUT2D eigenvalue weighted by molar-refractivity contribution is -0.119. The fraction of sp³-hybridized carbons (Fsp3) is 0.400. The molecule has 0 radical (unpaired) electrons. The van der Waals surface area contributed by atoms with Gasteiger partial charge in [0.1, 0.15) is 18.0 Å². The zero-order valence-electron chi connectivity index (χ0n) is 8.74. The SMILES string of the molecule is NC(=O)[C@@H]1C[C@@H](F)CN1c1ncc(Cl)cc1Br. The summed E-state index contributed by atoms with van der Waals surface area (Å²) in [5, 5.41) is 0.465. The Kier molecular flexibility index (Phi) is 3.53. The van der Waals surface area contributed by atoms with Gasteiger partial charge in [-0.05, 0) is 22.0 Å². The molecular formula is C10H10BrClFN3O. The van der Waals surface area contributed by atoms with Gasteiger partial charge in [-0.1, -0.05) is 11.6 Å². The van der Waals surface area contributed by atoms with E-state index in [0.717, 1.165) is 0 Å². The topological polar surface area (TPSA) is 59.2 Å². The van der Waals surface area contributed by atoms with Gasteiger partial charge in [0.2, 0.25) is 5.91 Å². The van der Waals surface area contributed by atoms with Crippen molar-refractivity contribution in [2.75, 3.05) is 11.4 Å². The highest BCUT2D eigenvalue weighted by molar-refractivity contribution is 9.10. The molecule has 17 heavy (non-hydrogen) atoms. The van der Waals surface area contributed by atoms with E-state index in [9.17, 15) is 9.18 Å². The van der Waals surface area contributed by atoms with Gasteiger partial charge in [-0.15, -0.1) is 0 Å². The number of carbonyl (C=O) groups excluding carboxylic acids is 1. The number of hydrogen-bond acceptors (Lipinski definition) is 3. The standard InChI is InChI=1S/C10H10BrClFN3O/c11-7-1-5(12)3-15-10(7)16-4-6(13)2-8(16)9(14)17/h1,3,6,8H,2,4H2,(H2,14,17)/t6-,8+/m1/s1. The molecule has 1 aliphatic rings. The van der Waals surface area contributed by atoms with Crippen molar-refractivity contribution < 1.29 is 9.18 Å². The van der Waals surface area contributed by atoms with E-state index >= 15 is 0 Å². The fourth-order valence-electron chi connectivity index (χ4n) is 1.91. The number of carbonyl (C=O) groups is 1. The molecular weight excluding hydrogens is 312 g/mol. The molecule has 1 amide bonds. The number of halogens is 3. The number of nitrogens with zero attached hydrogens (tertiary/aromatic N) is 2. The van der Waals surface area contributed by atoms with E-state index in [1.54, 1.807) is 11.0 Å². The van der Waals surface area contributed by atoms with Gasteiger partial charge in [0, 0.05) is 12.6 Å². The molecule has 0 bridgehead atoms. The third-order valence-electron chi connectivity index (χ3n) is 2.64. The lowest BCUT2D eigenvalue weighted by Crippen LogP contribution is -2.40. The Morgan fingerprint density at radius 1 is 1.71 bits per heavy atom. The predicted molar refractivity (Wildman–Crippen MR) is 66.8 cm³/mol. The first-order valence-corrected chi connectivity index (χ1v) is 6.17. The van der Waals surface area contributed by atoms with Crippen molar-refractivity contribution in [3.63, 3.8) is 0 Å². The Morgan fingerprint density at radius 3 is 3.00 bits per heavy atom. The molecule has 0 unspecified atom stereocenters. The minimum absolute atomic E-state index is 0.103. The van der Waals surface area contributed by atoms with Gasteiger partial charge in [-0.25, -0.2) is 9.37 Å². The van der Waals surface area contributed by atoms with Crippen LogP contribution in [-0.2, 0) is 4.79 Å². The molecule has 2 atom stereocenters. The molecule has 1 saturated heterocycles. The monoisotopic (exact) mass is 321 g/mol. The van der Waals surface area contributed by atoms with E-state index in [1.165, 1.54) is 6.20 Å². The van der Waals surface area contributed by atoms with Gasteiger partial charge in [0.05, 0.1) is 16.0 Å². The largest absolute Gasteiger partial charge is 0.368 e. The summed E-state index contributed by atoms with van der Waals surface area (Å²) in [5.41, 5.74) is 5.25. The van der Waals surface area contributed by atoms with Gasteiger partial charge in [0.25, 0.3) is 0 Å². The van der Waals surface area contributed by atoms with Crippen molar-refractivity contribution in [3.8, 4) is 0 Å². The Morgan fingerprint density at radius 2 is 2.41 bits per heavy atom. The summed E-state index contributed by atoms with van der Waals surface area (Å²) in [6, 6.07) is 0.989. The van der Waals surface area contributed by atoms with E-state index in [2.05, 4.69) is 20.9 Å². The van der Waals surface area contributed by atoms with Gasteiger partial charge < -0.3 is 10.6 Å². The van der Waals surface area contributed by atoms with Crippen LogP contribution in [0, 0.1) is 0 Å². The van der Waals surface area contributed by atoms with Crippen LogP contribution in [0.3, 0.4) is 0 Å². The summed E-state index contributed by atoms with van der Waals surface area (Å²) in [6.07, 6.45) is 0.481. The van der Waals surface area contributed by atoms with Gasteiger partial charge in [0.15, 0.2) is 0 Å². The highest BCUT2D eigenvalue weighted by Crippen LogP contribution is 2.32. The van der Waals surface area contributed by atoms with Crippen LogP contribution in [0.15, 0.2) is 16.7 Å². The molecule has 1 fully saturated rings. The first-order valence-electron chi connectivity index (χ1n) is 5.00. The molecule has 0 aromatic carbocycles. The second kappa shape index (κ2) is 4.78. The van der Waals surface area contributed by atoms with Crippen LogP contribution in [0.4, 0.5) is 10.2 Å². The molecule has 2 rings (SSSR count). The molecule has 1 aromatic heterocycles. The predicted octanol–water partition coefficient (Wildman–Crippen LogP) is 1.90. The number of primary amides is 1. The average Bonchev–Trinajstić information content (AvgIpc) is 2.60. The Hall–Kier alpha value is -0.880. The smallest absolute Gasteiger partial charge is 0.240 e. The summed E-state index contributed by atoms with van der Waals surface area (Å²) in [7, 11) is 0. The lowest BCUT2D eigenvalue weighted by atomic mass is 10.2. The van der Waals surface area contributed by atoms with Crippen molar-refractivity contribution in [1.29, 1.82) is 0 Å². The van der Waals surface area contributed by atoms with Crippen LogP contribution >= 0.6 is 27.5 Å². The molecule has 7 heteroatoms.